The quantitative estimate of drug-likeness (QED) is 0.218. The highest BCUT2D eigenvalue weighted by atomic mass is 32.2. The molecule has 16 heteroatoms. The predicted octanol–water partition coefficient (Wildman–Crippen LogP) is 4.00. The number of carbonyl (C=O) groups excluding carboxylic acids is 2. The smallest absolute Gasteiger partial charge is 0.264 e. The predicted molar refractivity (Wildman–Crippen MR) is 160 cm³/mol. The van der Waals surface area contributed by atoms with Gasteiger partial charge >= 0.3 is 0 Å². The van der Waals surface area contributed by atoms with E-state index in [0.29, 0.717) is 22.1 Å². The first-order valence-corrected chi connectivity index (χ1v) is 16.5. The van der Waals surface area contributed by atoms with E-state index in [2.05, 4.69) is 31.0 Å². The van der Waals surface area contributed by atoms with E-state index in [1.807, 2.05) is 0 Å². The van der Waals surface area contributed by atoms with Crippen LogP contribution in [0.15, 0.2) is 53.4 Å². The van der Waals surface area contributed by atoms with Crippen molar-refractivity contribution < 1.29 is 27.5 Å². The molecule has 2 fully saturated rings. The molecule has 0 aliphatic heterocycles. The fourth-order valence-corrected chi connectivity index (χ4v) is 7.41. The van der Waals surface area contributed by atoms with E-state index >= 15 is 0 Å². The fourth-order valence-electron chi connectivity index (χ4n) is 4.12. The summed E-state index contributed by atoms with van der Waals surface area (Å²) in [6, 6.07) is 12.1. The fraction of sp³-hybridized carbons (Fsp3) is 0.333. The van der Waals surface area contributed by atoms with E-state index in [-0.39, 0.29) is 28.7 Å². The number of amides is 2. The summed E-state index contributed by atoms with van der Waals surface area (Å²) in [5, 5.41) is 24.0. The first-order chi connectivity index (χ1) is 20.8. The maximum atomic E-state index is 13.9. The average Bonchev–Trinajstić information content (AvgIpc) is 3.95. The van der Waals surface area contributed by atoms with Crippen LogP contribution in [0, 0.1) is 0 Å². The number of nitrogens with one attached hydrogen (secondary N) is 2. The van der Waals surface area contributed by atoms with Gasteiger partial charge in [0.1, 0.15) is 28.1 Å². The highest BCUT2D eigenvalue weighted by Crippen LogP contribution is 2.43. The number of nitrogens with zero attached hydrogens (tertiary/aromatic N) is 5. The van der Waals surface area contributed by atoms with Crippen molar-refractivity contribution in [3.8, 4) is 11.5 Å². The van der Waals surface area contributed by atoms with Crippen LogP contribution in [0.25, 0.3) is 0 Å². The molecule has 2 N–H and O–H groups in total. The van der Waals surface area contributed by atoms with Gasteiger partial charge in [-0.2, -0.15) is 0 Å². The first kappa shape index (κ1) is 28.9. The highest BCUT2D eigenvalue weighted by molar-refractivity contribution is 7.92. The number of hydrogen-bond acceptors (Lipinski definition) is 12. The number of aromatic nitrogens is 4. The Bertz CT molecular complexity index is 1730. The maximum Gasteiger partial charge on any atom is 0.264 e. The lowest BCUT2D eigenvalue weighted by molar-refractivity contribution is -0.118. The zero-order valence-electron chi connectivity index (χ0n) is 22.9. The molecular formula is C27H27N7O6S3. The van der Waals surface area contributed by atoms with Gasteiger partial charge < -0.3 is 9.47 Å². The van der Waals surface area contributed by atoms with Crippen LogP contribution in [-0.4, -0.2) is 60.9 Å². The average molecular weight is 642 g/mol. The van der Waals surface area contributed by atoms with Crippen LogP contribution in [0.4, 0.5) is 16.0 Å². The van der Waals surface area contributed by atoms with E-state index in [4.69, 9.17) is 9.47 Å². The first-order valence-electron chi connectivity index (χ1n) is 13.5. The highest BCUT2D eigenvalue weighted by Gasteiger charge is 2.31. The number of anilines is 3. The second-order valence-corrected chi connectivity index (χ2v) is 13.9. The van der Waals surface area contributed by atoms with Crippen LogP contribution >= 0.6 is 22.7 Å². The van der Waals surface area contributed by atoms with Crippen molar-refractivity contribution in [1.29, 1.82) is 0 Å². The largest absolute Gasteiger partial charge is 0.495 e. The standard InChI is InChI=1S/C27H27N7O6S3/c1-39-21-5-3-2-4-20(21)34(14-22(35)28-26-32-30-24(41-26)16-6-7-16)43(37,38)19-12-10-18(11-13-19)40-15-23(36)29-27-33-31-25(42-27)17-8-9-17/h2-5,10-13,16-17H,6-9,14-15H2,1H3,(H,28,32,35)(H,29,33,36). The number of methoxy groups -OCH3 is 1. The van der Waals surface area contributed by atoms with E-state index in [9.17, 15) is 18.0 Å². The number of para-hydroxylation sites is 2. The van der Waals surface area contributed by atoms with Crippen molar-refractivity contribution in [2.45, 2.75) is 42.4 Å². The molecule has 0 atom stereocenters. The number of benzene rings is 2. The molecule has 0 bridgehead atoms. The van der Waals surface area contributed by atoms with E-state index in [1.165, 1.54) is 54.0 Å². The lowest BCUT2D eigenvalue weighted by Gasteiger charge is -2.25. The maximum absolute atomic E-state index is 13.9. The molecule has 43 heavy (non-hydrogen) atoms. The lowest BCUT2D eigenvalue weighted by atomic mass is 10.3. The Kier molecular flexibility index (Phi) is 8.23. The van der Waals surface area contributed by atoms with Crippen molar-refractivity contribution in [2.75, 3.05) is 35.2 Å². The second kappa shape index (κ2) is 12.2. The van der Waals surface area contributed by atoms with Gasteiger partial charge in [-0.1, -0.05) is 34.8 Å². The van der Waals surface area contributed by atoms with Crippen molar-refractivity contribution in [3.63, 3.8) is 0 Å². The van der Waals surface area contributed by atoms with Gasteiger partial charge in [0.25, 0.3) is 15.9 Å². The minimum atomic E-state index is -4.25. The van der Waals surface area contributed by atoms with E-state index in [0.717, 1.165) is 40.0 Å². The second-order valence-electron chi connectivity index (χ2n) is 9.98. The number of carbonyl (C=O) groups is 2. The third-order valence-electron chi connectivity index (χ3n) is 6.65. The van der Waals surface area contributed by atoms with Crippen LogP contribution < -0.4 is 24.4 Å². The zero-order chi connectivity index (χ0) is 30.0. The summed E-state index contributed by atoms with van der Waals surface area (Å²) in [4.78, 5) is 25.3. The monoisotopic (exact) mass is 641 g/mol. The molecular weight excluding hydrogens is 615 g/mol. The van der Waals surface area contributed by atoms with Crippen molar-refractivity contribution in [3.05, 3.63) is 58.5 Å². The molecule has 6 rings (SSSR count). The summed E-state index contributed by atoms with van der Waals surface area (Å²) in [5.74, 6) is 0.385. The van der Waals surface area contributed by atoms with Gasteiger partial charge in [0.05, 0.1) is 17.7 Å². The molecule has 2 amide bonds. The Balaban J connectivity index is 1.14. The molecule has 4 aromatic rings. The van der Waals surface area contributed by atoms with Gasteiger partial charge in [0, 0.05) is 11.8 Å². The van der Waals surface area contributed by atoms with Crippen molar-refractivity contribution in [2.24, 2.45) is 0 Å². The Morgan fingerprint density at radius 2 is 1.44 bits per heavy atom. The molecule has 0 radical (unpaired) electrons. The van der Waals surface area contributed by atoms with Gasteiger partial charge in [-0.25, -0.2) is 8.42 Å². The molecule has 2 aliphatic carbocycles. The van der Waals surface area contributed by atoms with Crippen LogP contribution in [-0.2, 0) is 19.6 Å². The van der Waals surface area contributed by atoms with Gasteiger partial charge in [-0.15, -0.1) is 20.4 Å². The Morgan fingerprint density at radius 3 is 2.02 bits per heavy atom. The minimum absolute atomic E-state index is 0.0867. The molecule has 13 nitrogen and oxygen atoms in total. The Labute approximate surface area is 255 Å². The number of rotatable bonds is 13. The summed E-state index contributed by atoms with van der Waals surface area (Å²) in [5.41, 5.74) is 0.189. The topological polar surface area (TPSA) is 166 Å². The lowest BCUT2D eigenvalue weighted by Crippen LogP contribution is -2.38. The molecule has 2 aromatic carbocycles. The summed E-state index contributed by atoms with van der Waals surface area (Å²) in [6.45, 7) is -0.834. The molecule has 224 valence electrons. The number of hydrogen-bond donors (Lipinski definition) is 2. The minimum Gasteiger partial charge on any atom is -0.495 e. The molecule has 0 unspecified atom stereocenters. The van der Waals surface area contributed by atoms with Crippen LogP contribution in [0.3, 0.4) is 0 Å². The van der Waals surface area contributed by atoms with Gasteiger partial charge in [-0.3, -0.25) is 24.5 Å². The van der Waals surface area contributed by atoms with Crippen LogP contribution in [0.2, 0.25) is 0 Å². The molecule has 2 saturated carbocycles. The summed E-state index contributed by atoms with van der Waals surface area (Å²) in [6.07, 6.45) is 4.27. The van der Waals surface area contributed by atoms with E-state index < -0.39 is 28.4 Å². The normalized spacial score (nSPS) is 14.6. The van der Waals surface area contributed by atoms with Gasteiger partial charge in [-0.05, 0) is 62.1 Å². The number of ether oxygens (including phenoxy) is 2. The van der Waals surface area contributed by atoms with Crippen molar-refractivity contribution in [1.82, 2.24) is 20.4 Å². The van der Waals surface area contributed by atoms with Crippen LogP contribution in [0.1, 0.15) is 47.5 Å². The summed E-state index contributed by atoms with van der Waals surface area (Å²) >= 11 is 2.63. The Hall–Kier alpha value is -4.15. The van der Waals surface area contributed by atoms with Gasteiger partial charge in [0.2, 0.25) is 16.2 Å². The van der Waals surface area contributed by atoms with E-state index in [1.54, 1.807) is 24.3 Å². The third kappa shape index (κ3) is 6.92. The summed E-state index contributed by atoms with van der Waals surface area (Å²) in [7, 11) is -2.83. The molecule has 2 aromatic heterocycles. The molecule has 0 saturated heterocycles. The molecule has 2 aliphatic rings. The Morgan fingerprint density at radius 1 is 0.860 bits per heavy atom. The van der Waals surface area contributed by atoms with Crippen molar-refractivity contribution >= 4 is 60.5 Å². The molecule has 0 spiro atoms. The molecule has 2 heterocycles. The summed E-state index contributed by atoms with van der Waals surface area (Å²) < 4.78 is 39.7. The van der Waals surface area contributed by atoms with Crippen LogP contribution in [0.5, 0.6) is 11.5 Å². The third-order valence-corrected chi connectivity index (χ3v) is 10.4. The SMILES string of the molecule is COc1ccccc1N(CC(=O)Nc1nnc(C2CC2)s1)S(=O)(=O)c1ccc(OCC(=O)Nc2nnc(C3CC3)s2)cc1. The number of sulfonamides is 1. The zero-order valence-corrected chi connectivity index (χ0v) is 25.4. The van der Waals surface area contributed by atoms with Gasteiger partial charge in [0.15, 0.2) is 6.61 Å².